The largest absolute Gasteiger partial charge is 0.369 e. The lowest BCUT2D eigenvalue weighted by Crippen LogP contribution is -2.13. The predicted molar refractivity (Wildman–Crippen MR) is 88.2 cm³/mol. The van der Waals surface area contributed by atoms with E-state index < -0.39 is 0 Å². The SMILES string of the molecule is N#CCCn1ncc2c(Nc3ccc(CC(N)=O)cc3)ncnc21. The summed E-state index contributed by atoms with van der Waals surface area (Å²) in [5.41, 5.74) is 7.54. The third kappa shape index (κ3) is 3.30. The van der Waals surface area contributed by atoms with E-state index in [2.05, 4.69) is 26.5 Å². The van der Waals surface area contributed by atoms with E-state index in [9.17, 15) is 4.79 Å². The summed E-state index contributed by atoms with van der Waals surface area (Å²) in [6, 6.07) is 9.47. The van der Waals surface area contributed by atoms with Gasteiger partial charge in [0.25, 0.3) is 0 Å². The van der Waals surface area contributed by atoms with Gasteiger partial charge in [-0.2, -0.15) is 10.4 Å². The maximum Gasteiger partial charge on any atom is 0.221 e. The van der Waals surface area contributed by atoms with Crippen LogP contribution in [0.2, 0.25) is 0 Å². The van der Waals surface area contributed by atoms with Crippen molar-refractivity contribution < 1.29 is 4.79 Å². The molecule has 0 unspecified atom stereocenters. The van der Waals surface area contributed by atoms with Gasteiger partial charge in [-0.05, 0) is 17.7 Å². The Kier molecular flexibility index (Phi) is 4.34. The van der Waals surface area contributed by atoms with Crippen LogP contribution in [0.4, 0.5) is 11.5 Å². The van der Waals surface area contributed by atoms with Crippen molar-refractivity contribution in [3.05, 3.63) is 42.4 Å². The van der Waals surface area contributed by atoms with Gasteiger partial charge in [0.2, 0.25) is 5.91 Å². The van der Waals surface area contributed by atoms with Crippen molar-refractivity contribution in [3.8, 4) is 6.07 Å². The fraction of sp³-hybridized carbons (Fsp3) is 0.188. The van der Waals surface area contributed by atoms with Crippen LogP contribution in [0.15, 0.2) is 36.8 Å². The summed E-state index contributed by atoms with van der Waals surface area (Å²) in [5, 5.41) is 16.9. The van der Waals surface area contributed by atoms with Gasteiger partial charge in [0.1, 0.15) is 12.1 Å². The number of carbonyl (C=O) groups excluding carboxylic acids is 1. The normalized spacial score (nSPS) is 10.5. The van der Waals surface area contributed by atoms with E-state index in [4.69, 9.17) is 11.0 Å². The summed E-state index contributed by atoms with van der Waals surface area (Å²) in [5.74, 6) is 0.267. The minimum Gasteiger partial charge on any atom is -0.369 e. The molecule has 2 heterocycles. The minimum atomic E-state index is -0.363. The number of amides is 1. The maximum atomic E-state index is 10.9. The van der Waals surface area contributed by atoms with Crippen molar-refractivity contribution >= 4 is 28.4 Å². The Morgan fingerprint density at radius 3 is 2.79 bits per heavy atom. The molecule has 3 aromatic rings. The Balaban J connectivity index is 1.83. The van der Waals surface area contributed by atoms with Gasteiger partial charge >= 0.3 is 0 Å². The molecule has 0 saturated heterocycles. The van der Waals surface area contributed by atoms with Crippen molar-refractivity contribution in [1.29, 1.82) is 5.26 Å². The van der Waals surface area contributed by atoms with Crippen molar-refractivity contribution in [2.45, 2.75) is 19.4 Å². The van der Waals surface area contributed by atoms with Gasteiger partial charge in [0.05, 0.1) is 37.0 Å². The van der Waals surface area contributed by atoms with Gasteiger partial charge in [0.15, 0.2) is 5.65 Å². The second-order valence-corrected chi connectivity index (χ2v) is 5.20. The molecule has 0 fully saturated rings. The summed E-state index contributed by atoms with van der Waals surface area (Å²) in [6.07, 6.45) is 3.71. The fourth-order valence-electron chi connectivity index (χ4n) is 2.36. The molecule has 1 aromatic carbocycles. The molecule has 2 aromatic heterocycles. The number of benzene rings is 1. The van der Waals surface area contributed by atoms with Crippen LogP contribution in [0.5, 0.6) is 0 Å². The zero-order valence-corrected chi connectivity index (χ0v) is 12.8. The number of nitrogens with two attached hydrogens (primary N) is 1. The molecule has 0 bridgehead atoms. The molecule has 3 rings (SSSR count). The van der Waals surface area contributed by atoms with E-state index in [1.165, 1.54) is 6.33 Å². The molecule has 24 heavy (non-hydrogen) atoms. The van der Waals surface area contributed by atoms with Gasteiger partial charge in [0, 0.05) is 5.69 Å². The molecular weight excluding hydrogens is 306 g/mol. The molecule has 0 aliphatic heterocycles. The van der Waals surface area contributed by atoms with E-state index in [1.807, 2.05) is 24.3 Å². The summed E-state index contributed by atoms with van der Waals surface area (Å²) in [7, 11) is 0. The molecule has 0 radical (unpaired) electrons. The van der Waals surface area contributed by atoms with E-state index in [1.54, 1.807) is 10.9 Å². The first-order valence-corrected chi connectivity index (χ1v) is 7.35. The third-order valence-electron chi connectivity index (χ3n) is 3.46. The lowest BCUT2D eigenvalue weighted by Gasteiger charge is -2.07. The zero-order chi connectivity index (χ0) is 16.9. The van der Waals surface area contributed by atoms with Crippen LogP contribution in [0.3, 0.4) is 0 Å². The first-order chi connectivity index (χ1) is 11.7. The standard InChI is InChI=1S/C16H15N7O/c17-6-1-7-23-16-13(9-21-23)15(19-10-20-16)22-12-4-2-11(3-5-12)8-14(18)24/h2-5,9-10H,1,7-8H2,(H2,18,24)(H,19,20,22). The summed E-state index contributed by atoms with van der Waals surface area (Å²) >= 11 is 0. The van der Waals surface area contributed by atoms with Gasteiger partial charge in [-0.25, -0.2) is 14.6 Å². The highest BCUT2D eigenvalue weighted by molar-refractivity contribution is 5.88. The number of nitrogens with zero attached hydrogens (tertiary/aromatic N) is 5. The quantitative estimate of drug-likeness (QED) is 0.709. The second-order valence-electron chi connectivity index (χ2n) is 5.20. The first kappa shape index (κ1) is 15.4. The van der Waals surface area contributed by atoms with Crippen LogP contribution in [0.25, 0.3) is 11.0 Å². The number of nitriles is 1. The van der Waals surface area contributed by atoms with Crippen LogP contribution in [0.1, 0.15) is 12.0 Å². The number of hydrogen-bond acceptors (Lipinski definition) is 6. The Morgan fingerprint density at radius 2 is 2.08 bits per heavy atom. The average Bonchev–Trinajstić information content (AvgIpc) is 2.98. The molecule has 0 saturated carbocycles. The Hall–Kier alpha value is -3.47. The molecule has 0 aliphatic rings. The number of aromatic nitrogens is 4. The van der Waals surface area contributed by atoms with Gasteiger partial charge in [-0.15, -0.1) is 0 Å². The maximum absolute atomic E-state index is 10.9. The van der Waals surface area contributed by atoms with E-state index >= 15 is 0 Å². The second kappa shape index (κ2) is 6.75. The number of nitrogens with one attached hydrogen (secondary N) is 1. The molecule has 0 aliphatic carbocycles. The lowest BCUT2D eigenvalue weighted by molar-refractivity contribution is -0.117. The Bertz CT molecular complexity index is 908. The van der Waals surface area contributed by atoms with Crippen molar-refractivity contribution in [2.75, 3.05) is 5.32 Å². The van der Waals surface area contributed by atoms with Crippen molar-refractivity contribution in [3.63, 3.8) is 0 Å². The Labute approximate surface area is 137 Å². The number of aryl methyl sites for hydroxylation is 1. The highest BCUT2D eigenvalue weighted by Crippen LogP contribution is 2.23. The fourth-order valence-corrected chi connectivity index (χ4v) is 2.36. The van der Waals surface area contributed by atoms with Gasteiger partial charge < -0.3 is 11.1 Å². The molecule has 0 spiro atoms. The van der Waals surface area contributed by atoms with Crippen LogP contribution < -0.4 is 11.1 Å². The van der Waals surface area contributed by atoms with Crippen molar-refractivity contribution in [2.24, 2.45) is 5.73 Å². The van der Waals surface area contributed by atoms with Gasteiger partial charge in [-0.3, -0.25) is 4.79 Å². The summed E-state index contributed by atoms with van der Waals surface area (Å²) < 4.78 is 1.68. The molecule has 1 amide bonds. The number of anilines is 2. The average molecular weight is 321 g/mol. The van der Waals surface area contributed by atoms with Gasteiger partial charge in [-0.1, -0.05) is 12.1 Å². The number of rotatable bonds is 6. The highest BCUT2D eigenvalue weighted by atomic mass is 16.1. The lowest BCUT2D eigenvalue weighted by atomic mass is 10.1. The number of fused-ring (bicyclic) bond motifs is 1. The molecular formula is C16H15N7O. The Morgan fingerprint density at radius 1 is 1.29 bits per heavy atom. The number of hydrogen-bond donors (Lipinski definition) is 2. The molecule has 8 heteroatoms. The van der Waals surface area contributed by atoms with Crippen LogP contribution >= 0.6 is 0 Å². The highest BCUT2D eigenvalue weighted by Gasteiger charge is 2.10. The number of primary amides is 1. The third-order valence-corrected chi connectivity index (χ3v) is 3.46. The monoisotopic (exact) mass is 321 g/mol. The van der Waals surface area contributed by atoms with E-state index in [0.717, 1.165) is 16.6 Å². The topological polar surface area (TPSA) is 123 Å². The zero-order valence-electron chi connectivity index (χ0n) is 12.8. The summed E-state index contributed by atoms with van der Waals surface area (Å²) in [6.45, 7) is 0.484. The molecule has 0 atom stereocenters. The first-order valence-electron chi connectivity index (χ1n) is 7.35. The van der Waals surface area contributed by atoms with Crippen molar-refractivity contribution in [1.82, 2.24) is 19.7 Å². The smallest absolute Gasteiger partial charge is 0.221 e. The molecule has 8 nitrogen and oxygen atoms in total. The minimum absolute atomic E-state index is 0.212. The molecule has 3 N–H and O–H groups in total. The molecule has 120 valence electrons. The van der Waals surface area contributed by atoms with Crippen LogP contribution in [0, 0.1) is 11.3 Å². The summed E-state index contributed by atoms with van der Waals surface area (Å²) in [4.78, 5) is 19.4. The van der Waals surface area contributed by atoms with Crippen LogP contribution in [-0.4, -0.2) is 25.7 Å². The van der Waals surface area contributed by atoms with E-state index in [-0.39, 0.29) is 12.3 Å². The number of carbonyl (C=O) groups is 1. The van der Waals surface area contributed by atoms with Crippen LogP contribution in [-0.2, 0) is 17.8 Å². The van der Waals surface area contributed by atoms with E-state index in [0.29, 0.717) is 24.4 Å². The predicted octanol–water partition coefficient (Wildman–Crippen LogP) is 1.51.